The SMILES string of the molecule is CC(N)CS(=O)(=O)C(C)O. The van der Waals surface area contributed by atoms with Crippen molar-refractivity contribution >= 4 is 9.84 Å². The van der Waals surface area contributed by atoms with Crippen LogP contribution in [-0.2, 0) is 9.84 Å². The summed E-state index contributed by atoms with van der Waals surface area (Å²) in [5.74, 6) is -0.162. The van der Waals surface area contributed by atoms with Gasteiger partial charge in [0, 0.05) is 6.04 Å². The molecule has 0 radical (unpaired) electrons. The number of rotatable bonds is 3. The Bertz CT molecular complexity index is 183. The third-order valence-electron chi connectivity index (χ3n) is 1.01. The first-order chi connectivity index (χ1) is 4.36. The quantitative estimate of drug-likeness (QED) is 0.570. The molecule has 0 rings (SSSR count). The Morgan fingerprint density at radius 1 is 1.50 bits per heavy atom. The van der Waals surface area contributed by atoms with Crippen LogP contribution in [0.1, 0.15) is 13.8 Å². The van der Waals surface area contributed by atoms with Gasteiger partial charge in [0.15, 0.2) is 15.3 Å². The first kappa shape index (κ1) is 9.87. The summed E-state index contributed by atoms with van der Waals surface area (Å²) >= 11 is 0. The number of nitrogens with two attached hydrogens (primary N) is 1. The van der Waals surface area contributed by atoms with Gasteiger partial charge in [-0.25, -0.2) is 8.42 Å². The number of aliphatic hydroxyl groups is 1. The molecule has 0 aliphatic heterocycles. The summed E-state index contributed by atoms with van der Waals surface area (Å²) in [4.78, 5) is 0. The van der Waals surface area contributed by atoms with Crippen molar-refractivity contribution in [1.82, 2.24) is 0 Å². The van der Waals surface area contributed by atoms with Crippen LogP contribution in [0.4, 0.5) is 0 Å². The normalized spacial score (nSPS) is 18.4. The second-order valence-corrected chi connectivity index (χ2v) is 4.75. The molecule has 5 heteroatoms. The van der Waals surface area contributed by atoms with Gasteiger partial charge in [0.2, 0.25) is 0 Å². The molecule has 0 heterocycles. The third-order valence-corrected chi connectivity index (χ3v) is 3.04. The Morgan fingerprint density at radius 3 is 2.00 bits per heavy atom. The highest BCUT2D eigenvalue weighted by molar-refractivity contribution is 7.91. The van der Waals surface area contributed by atoms with E-state index in [2.05, 4.69) is 0 Å². The van der Waals surface area contributed by atoms with E-state index in [0.717, 1.165) is 0 Å². The van der Waals surface area contributed by atoms with Crippen molar-refractivity contribution in [3.05, 3.63) is 0 Å². The highest BCUT2D eigenvalue weighted by Crippen LogP contribution is 1.98. The Morgan fingerprint density at radius 2 is 1.90 bits per heavy atom. The van der Waals surface area contributed by atoms with Gasteiger partial charge in [-0.3, -0.25) is 0 Å². The fourth-order valence-electron chi connectivity index (χ4n) is 0.506. The van der Waals surface area contributed by atoms with Crippen molar-refractivity contribution in [3.63, 3.8) is 0 Å². The molecular formula is C5H13NO3S. The summed E-state index contributed by atoms with van der Waals surface area (Å²) < 4.78 is 21.6. The lowest BCUT2D eigenvalue weighted by Crippen LogP contribution is -2.31. The molecule has 0 saturated carbocycles. The molecule has 0 saturated heterocycles. The van der Waals surface area contributed by atoms with Crippen molar-refractivity contribution in [2.75, 3.05) is 5.75 Å². The van der Waals surface area contributed by atoms with E-state index in [-0.39, 0.29) is 5.75 Å². The molecule has 0 aromatic carbocycles. The second-order valence-electron chi connectivity index (χ2n) is 2.41. The number of aliphatic hydroxyl groups excluding tert-OH is 1. The fourth-order valence-corrected chi connectivity index (χ4v) is 1.52. The maximum absolute atomic E-state index is 10.8. The van der Waals surface area contributed by atoms with Crippen LogP contribution in [0.5, 0.6) is 0 Å². The third kappa shape index (κ3) is 3.14. The zero-order chi connectivity index (χ0) is 8.36. The molecule has 62 valence electrons. The van der Waals surface area contributed by atoms with Crippen molar-refractivity contribution in [2.24, 2.45) is 5.73 Å². The molecular weight excluding hydrogens is 154 g/mol. The topological polar surface area (TPSA) is 80.4 Å². The van der Waals surface area contributed by atoms with Crippen LogP contribution in [-0.4, -0.2) is 30.8 Å². The van der Waals surface area contributed by atoms with Crippen LogP contribution in [0.15, 0.2) is 0 Å². The van der Waals surface area contributed by atoms with E-state index in [1.165, 1.54) is 6.92 Å². The van der Waals surface area contributed by atoms with Gasteiger partial charge >= 0.3 is 0 Å². The maximum Gasteiger partial charge on any atom is 0.178 e. The smallest absolute Gasteiger partial charge is 0.178 e. The Balaban J connectivity index is 4.16. The second kappa shape index (κ2) is 3.32. The number of hydrogen-bond acceptors (Lipinski definition) is 4. The first-order valence-electron chi connectivity index (χ1n) is 3.01. The Hall–Kier alpha value is -0.130. The molecule has 0 amide bonds. The van der Waals surface area contributed by atoms with Crippen molar-refractivity contribution in [3.8, 4) is 0 Å². The van der Waals surface area contributed by atoms with Crippen LogP contribution < -0.4 is 5.73 Å². The van der Waals surface area contributed by atoms with E-state index < -0.39 is 21.3 Å². The van der Waals surface area contributed by atoms with E-state index >= 15 is 0 Å². The average molecular weight is 167 g/mol. The van der Waals surface area contributed by atoms with E-state index in [9.17, 15) is 8.42 Å². The molecule has 0 aromatic rings. The monoisotopic (exact) mass is 167 g/mol. The van der Waals surface area contributed by atoms with Gasteiger partial charge in [0.25, 0.3) is 0 Å². The Labute approximate surface area is 61.0 Å². The van der Waals surface area contributed by atoms with Crippen LogP contribution in [0.3, 0.4) is 0 Å². The van der Waals surface area contributed by atoms with E-state index in [0.29, 0.717) is 0 Å². The maximum atomic E-state index is 10.8. The zero-order valence-corrected chi connectivity index (χ0v) is 6.93. The Kier molecular flexibility index (Phi) is 3.27. The molecule has 4 nitrogen and oxygen atoms in total. The van der Waals surface area contributed by atoms with Gasteiger partial charge in [0.05, 0.1) is 5.75 Å². The minimum atomic E-state index is -3.37. The van der Waals surface area contributed by atoms with Gasteiger partial charge in [-0.1, -0.05) is 0 Å². The standard InChI is InChI=1S/C5H13NO3S/c1-4(6)3-10(8,9)5(2)7/h4-5,7H,3,6H2,1-2H3. The predicted octanol–water partition coefficient (Wildman–Crippen LogP) is -0.913. The van der Waals surface area contributed by atoms with Crippen molar-refractivity contribution < 1.29 is 13.5 Å². The van der Waals surface area contributed by atoms with Gasteiger partial charge in [-0.05, 0) is 13.8 Å². The highest BCUT2D eigenvalue weighted by Gasteiger charge is 2.18. The lowest BCUT2D eigenvalue weighted by Gasteiger charge is -2.08. The summed E-state index contributed by atoms with van der Waals surface area (Å²) in [5, 5.41) is 8.69. The summed E-state index contributed by atoms with van der Waals surface area (Å²) in [7, 11) is -3.37. The largest absolute Gasteiger partial charge is 0.377 e. The molecule has 0 spiro atoms. The van der Waals surface area contributed by atoms with Crippen LogP contribution in [0, 0.1) is 0 Å². The molecule has 3 N–H and O–H groups in total. The molecule has 0 aliphatic carbocycles. The molecule has 2 unspecified atom stereocenters. The molecule has 0 aliphatic rings. The molecule has 2 atom stereocenters. The minimum Gasteiger partial charge on any atom is -0.377 e. The first-order valence-corrected chi connectivity index (χ1v) is 4.73. The lowest BCUT2D eigenvalue weighted by molar-refractivity contribution is 0.268. The van der Waals surface area contributed by atoms with Gasteiger partial charge in [-0.2, -0.15) is 0 Å². The fraction of sp³-hybridized carbons (Fsp3) is 1.00. The van der Waals surface area contributed by atoms with Gasteiger partial charge in [0.1, 0.15) is 0 Å². The molecule has 10 heavy (non-hydrogen) atoms. The highest BCUT2D eigenvalue weighted by atomic mass is 32.2. The van der Waals surface area contributed by atoms with Crippen molar-refractivity contribution in [1.29, 1.82) is 0 Å². The van der Waals surface area contributed by atoms with Gasteiger partial charge < -0.3 is 10.8 Å². The van der Waals surface area contributed by atoms with Crippen molar-refractivity contribution in [2.45, 2.75) is 25.3 Å². The van der Waals surface area contributed by atoms with E-state index in [4.69, 9.17) is 10.8 Å². The summed E-state index contributed by atoms with van der Waals surface area (Å²) in [6.07, 6.45) is 0. The average Bonchev–Trinajstić information content (AvgIpc) is 1.60. The molecule has 0 fully saturated rings. The van der Waals surface area contributed by atoms with E-state index in [1.54, 1.807) is 6.92 Å². The molecule has 0 aromatic heterocycles. The molecule has 0 bridgehead atoms. The van der Waals surface area contributed by atoms with Crippen LogP contribution in [0.25, 0.3) is 0 Å². The van der Waals surface area contributed by atoms with Gasteiger partial charge in [-0.15, -0.1) is 0 Å². The van der Waals surface area contributed by atoms with Crippen LogP contribution >= 0.6 is 0 Å². The number of hydrogen-bond donors (Lipinski definition) is 2. The predicted molar refractivity (Wildman–Crippen MR) is 39.1 cm³/mol. The zero-order valence-electron chi connectivity index (χ0n) is 6.11. The summed E-state index contributed by atoms with van der Waals surface area (Å²) in [5.41, 5.74) is 3.92. The van der Waals surface area contributed by atoms with Crippen LogP contribution in [0.2, 0.25) is 0 Å². The number of sulfone groups is 1. The summed E-state index contributed by atoms with van der Waals surface area (Å²) in [6, 6.07) is -0.417. The van der Waals surface area contributed by atoms with E-state index in [1.807, 2.05) is 0 Å². The summed E-state index contributed by atoms with van der Waals surface area (Å²) in [6.45, 7) is 2.80. The lowest BCUT2D eigenvalue weighted by atomic mass is 10.4. The minimum absolute atomic E-state index is 0.162.